The second-order valence-electron chi connectivity index (χ2n) is 3.39. The summed E-state index contributed by atoms with van der Waals surface area (Å²) in [5.41, 5.74) is -1.73. The summed E-state index contributed by atoms with van der Waals surface area (Å²) in [6.45, 7) is 1.05. The van der Waals surface area contributed by atoms with Crippen molar-refractivity contribution in [2.24, 2.45) is 0 Å². The van der Waals surface area contributed by atoms with Crippen LogP contribution in [-0.2, 0) is 6.18 Å². The second kappa shape index (κ2) is 3.84. The number of hydrogen-bond donors (Lipinski definition) is 1. The Hall–Kier alpha value is -0.820. The number of benzene rings is 1. The molecular formula is C9H4BrClF4N2. The van der Waals surface area contributed by atoms with Crippen LogP contribution in [0.25, 0.3) is 10.9 Å². The number of fused-ring (bicyclic) bond motifs is 1. The molecule has 92 valence electrons. The first-order valence-electron chi connectivity index (χ1n) is 4.33. The van der Waals surface area contributed by atoms with E-state index in [-0.39, 0.29) is 20.5 Å². The van der Waals surface area contributed by atoms with E-state index in [1.165, 1.54) is 0 Å². The van der Waals surface area contributed by atoms with Gasteiger partial charge in [-0.3, -0.25) is 5.10 Å². The van der Waals surface area contributed by atoms with Crippen molar-refractivity contribution >= 4 is 38.4 Å². The molecule has 1 N–H and O–H groups in total. The van der Waals surface area contributed by atoms with E-state index >= 15 is 0 Å². The van der Waals surface area contributed by atoms with Gasteiger partial charge in [-0.2, -0.15) is 18.3 Å². The van der Waals surface area contributed by atoms with E-state index in [0.29, 0.717) is 0 Å². The quantitative estimate of drug-likeness (QED) is 0.710. The number of H-pyrrole nitrogens is 1. The minimum atomic E-state index is -4.67. The molecular weight excluding hydrogens is 327 g/mol. The van der Waals surface area contributed by atoms with Crippen LogP contribution in [0.2, 0.25) is 5.15 Å². The first-order chi connectivity index (χ1) is 7.75. The molecule has 1 aromatic carbocycles. The lowest BCUT2D eigenvalue weighted by atomic mass is 10.0. The summed E-state index contributed by atoms with van der Waals surface area (Å²) in [7, 11) is 0. The summed E-state index contributed by atoms with van der Waals surface area (Å²) >= 11 is 8.42. The Labute approximate surface area is 106 Å². The third kappa shape index (κ3) is 1.81. The van der Waals surface area contributed by atoms with E-state index in [9.17, 15) is 17.6 Å². The fraction of sp³-hybridized carbons (Fsp3) is 0.222. The number of nitrogens with zero attached hydrogens (tertiary/aromatic N) is 1. The lowest BCUT2D eigenvalue weighted by Crippen LogP contribution is -2.10. The summed E-state index contributed by atoms with van der Waals surface area (Å²) < 4.78 is 51.8. The number of rotatable bonds is 0. The van der Waals surface area contributed by atoms with Crippen molar-refractivity contribution in [3.8, 4) is 0 Å². The molecule has 0 aliphatic carbocycles. The van der Waals surface area contributed by atoms with Gasteiger partial charge in [0.05, 0.1) is 10.9 Å². The fourth-order valence-corrected chi connectivity index (χ4v) is 2.86. The molecule has 0 radical (unpaired) electrons. The predicted octanol–water partition coefficient (Wildman–Crippen LogP) is 4.45. The fourth-order valence-electron chi connectivity index (χ4n) is 1.60. The smallest absolute Gasteiger partial charge is 0.273 e. The van der Waals surface area contributed by atoms with Gasteiger partial charge >= 0.3 is 6.18 Å². The van der Waals surface area contributed by atoms with Crippen LogP contribution in [0.1, 0.15) is 11.1 Å². The van der Waals surface area contributed by atoms with E-state index in [1.54, 1.807) is 0 Å². The van der Waals surface area contributed by atoms with Crippen LogP contribution in [0.15, 0.2) is 4.47 Å². The zero-order chi connectivity index (χ0) is 13.0. The van der Waals surface area contributed by atoms with Crippen molar-refractivity contribution in [2.75, 3.05) is 0 Å². The van der Waals surface area contributed by atoms with Gasteiger partial charge in [0, 0.05) is 10.0 Å². The van der Waals surface area contributed by atoms with E-state index in [0.717, 1.165) is 6.92 Å². The number of nitrogens with one attached hydrogen (secondary N) is 1. The highest BCUT2D eigenvalue weighted by Crippen LogP contribution is 2.43. The first kappa shape index (κ1) is 12.6. The molecule has 2 rings (SSSR count). The molecule has 0 unspecified atom stereocenters. The SMILES string of the molecule is Cc1c(C(F)(F)F)c(Br)c2c(Cl)n[nH]c2c1F. The van der Waals surface area contributed by atoms with E-state index in [2.05, 4.69) is 26.1 Å². The molecule has 0 saturated heterocycles. The van der Waals surface area contributed by atoms with Gasteiger partial charge in [-0.05, 0) is 22.9 Å². The Kier molecular flexibility index (Phi) is 2.86. The molecule has 0 aliphatic rings. The van der Waals surface area contributed by atoms with E-state index in [1.807, 2.05) is 0 Å². The molecule has 2 aromatic rings. The zero-order valence-corrected chi connectivity index (χ0v) is 10.6. The number of halogens is 6. The van der Waals surface area contributed by atoms with Gasteiger partial charge in [0.25, 0.3) is 0 Å². The molecule has 2 nitrogen and oxygen atoms in total. The molecule has 17 heavy (non-hydrogen) atoms. The zero-order valence-electron chi connectivity index (χ0n) is 8.22. The van der Waals surface area contributed by atoms with Gasteiger partial charge < -0.3 is 0 Å². The molecule has 0 bridgehead atoms. The lowest BCUT2D eigenvalue weighted by molar-refractivity contribution is -0.138. The third-order valence-corrected chi connectivity index (χ3v) is 3.43. The number of aromatic amines is 1. The van der Waals surface area contributed by atoms with Crippen molar-refractivity contribution in [1.29, 1.82) is 0 Å². The summed E-state index contributed by atoms with van der Waals surface area (Å²) in [5.74, 6) is -1.00. The van der Waals surface area contributed by atoms with Crippen LogP contribution in [-0.4, -0.2) is 10.2 Å². The Balaban J connectivity index is 3.00. The van der Waals surface area contributed by atoms with Gasteiger partial charge in [-0.1, -0.05) is 11.6 Å². The standard InChI is InChI=1S/C9H4BrClF4N2/c1-2-4(9(13,14)15)5(10)3-7(6(2)12)16-17-8(3)11/h1H3,(H,16,17). The minimum Gasteiger partial charge on any atom is -0.273 e. The Morgan fingerprint density at radius 3 is 2.47 bits per heavy atom. The molecule has 1 aromatic heterocycles. The maximum atomic E-state index is 13.7. The van der Waals surface area contributed by atoms with Gasteiger partial charge in [0.2, 0.25) is 0 Å². The van der Waals surface area contributed by atoms with Crippen LogP contribution in [0.5, 0.6) is 0 Å². The average molecular weight is 331 g/mol. The van der Waals surface area contributed by atoms with Crippen LogP contribution >= 0.6 is 27.5 Å². The summed E-state index contributed by atoms with van der Waals surface area (Å²) in [6.07, 6.45) is -4.67. The number of hydrogen-bond acceptors (Lipinski definition) is 1. The van der Waals surface area contributed by atoms with Crippen LogP contribution < -0.4 is 0 Å². The highest BCUT2D eigenvalue weighted by molar-refractivity contribution is 9.10. The third-order valence-electron chi connectivity index (χ3n) is 2.37. The summed E-state index contributed by atoms with van der Waals surface area (Å²) in [5, 5.41) is 5.43. The molecule has 8 heteroatoms. The van der Waals surface area contributed by atoms with Crippen molar-refractivity contribution in [3.05, 3.63) is 26.6 Å². The molecule has 0 aliphatic heterocycles. The molecule has 0 spiro atoms. The first-order valence-corrected chi connectivity index (χ1v) is 5.50. The highest BCUT2D eigenvalue weighted by atomic mass is 79.9. The minimum absolute atomic E-state index is 0.109. The summed E-state index contributed by atoms with van der Waals surface area (Å²) in [6, 6.07) is 0. The monoisotopic (exact) mass is 330 g/mol. The van der Waals surface area contributed by atoms with Crippen molar-refractivity contribution in [3.63, 3.8) is 0 Å². The normalized spacial score (nSPS) is 12.4. The number of alkyl halides is 3. The van der Waals surface area contributed by atoms with Crippen molar-refractivity contribution in [1.82, 2.24) is 10.2 Å². The van der Waals surface area contributed by atoms with Gasteiger partial charge in [-0.15, -0.1) is 0 Å². The molecule has 0 fully saturated rings. The maximum absolute atomic E-state index is 13.7. The lowest BCUT2D eigenvalue weighted by Gasteiger charge is -2.14. The highest BCUT2D eigenvalue weighted by Gasteiger charge is 2.38. The van der Waals surface area contributed by atoms with Gasteiger partial charge in [0.15, 0.2) is 11.0 Å². The Morgan fingerprint density at radius 1 is 1.35 bits per heavy atom. The Morgan fingerprint density at radius 2 is 1.94 bits per heavy atom. The number of aromatic nitrogens is 2. The molecule has 0 atom stereocenters. The molecule has 0 amide bonds. The van der Waals surface area contributed by atoms with E-state index in [4.69, 9.17) is 11.6 Å². The van der Waals surface area contributed by atoms with Crippen molar-refractivity contribution < 1.29 is 17.6 Å². The van der Waals surface area contributed by atoms with Gasteiger partial charge in [0.1, 0.15) is 5.52 Å². The topological polar surface area (TPSA) is 28.7 Å². The van der Waals surface area contributed by atoms with Gasteiger partial charge in [-0.25, -0.2) is 4.39 Å². The van der Waals surface area contributed by atoms with Crippen LogP contribution in [0.4, 0.5) is 17.6 Å². The second-order valence-corrected chi connectivity index (χ2v) is 4.54. The van der Waals surface area contributed by atoms with Crippen molar-refractivity contribution in [2.45, 2.75) is 13.1 Å². The van der Waals surface area contributed by atoms with E-state index < -0.39 is 23.1 Å². The summed E-state index contributed by atoms with van der Waals surface area (Å²) in [4.78, 5) is 0. The average Bonchev–Trinajstić information content (AvgIpc) is 2.55. The Bertz CT molecular complexity index is 605. The molecule has 0 saturated carbocycles. The van der Waals surface area contributed by atoms with Crippen LogP contribution in [0, 0.1) is 12.7 Å². The maximum Gasteiger partial charge on any atom is 0.417 e. The molecule has 1 heterocycles. The van der Waals surface area contributed by atoms with Crippen LogP contribution in [0.3, 0.4) is 0 Å². The largest absolute Gasteiger partial charge is 0.417 e. The predicted molar refractivity (Wildman–Crippen MR) is 58.5 cm³/mol.